The number of ether oxygens (including phenoxy) is 1. The summed E-state index contributed by atoms with van der Waals surface area (Å²) in [6, 6.07) is 16.8. The smallest absolute Gasteiger partial charge is 0.338 e. The number of nitrogens with one attached hydrogen (secondary N) is 1. The second-order valence-electron chi connectivity index (χ2n) is 6.52. The van der Waals surface area contributed by atoms with Crippen LogP contribution in [0.4, 0.5) is 10.1 Å². The molecule has 1 aromatic heterocycles. The standard InChI is InChI=1S/C22H21FN2O3/c1-14-8-9-15(2)25(14)18-12-10-17(11-13-18)22(27)28-16(3)21(26)24-20-7-5-4-6-19(20)23/h4-13,16H,1-3H3,(H,24,26)/t16-/m0/s1. The maximum Gasteiger partial charge on any atom is 0.338 e. The summed E-state index contributed by atoms with van der Waals surface area (Å²) < 4.78 is 20.9. The lowest BCUT2D eigenvalue weighted by Gasteiger charge is -2.14. The van der Waals surface area contributed by atoms with Gasteiger partial charge in [0.25, 0.3) is 5.91 Å². The summed E-state index contributed by atoms with van der Waals surface area (Å²) in [5.74, 6) is -1.78. The first kappa shape index (κ1) is 19.4. The van der Waals surface area contributed by atoms with Crippen molar-refractivity contribution in [3.8, 4) is 5.69 Å². The molecule has 0 saturated carbocycles. The molecule has 3 rings (SSSR count). The molecule has 1 N–H and O–H groups in total. The number of carbonyl (C=O) groups is 2. The fourth-order valence-electron chi connectivity index (χ4n) is 2.90. The summed E-state index contributed by atoms with van der Waals surface area (Å²) in [7, 11) is 0. The fraction of sp³-hybridized carbons (Fsp3) is 0.182. The quantitative estimate of drug-likeness (QED) is 0.667. The number of nitrogens with zero attached hydrogens (tertiary/aromatic N) is 1. The number of aromatic nitrogens is 1. The van der Waals surface area contributed by atoms with E-state index in [0.29, 0.717) is 5.56 Å². The fourth-order valence-corrected chi connectivity index (χ4v) is 2.90. The number of benzene rings is 2. The molecule has 6 heteroatoms. The van der Waals surface area contributed by atoms with Crippen LogP contribution in [0.3, 0.4) is 0 Å². The minimum atomic E-state index is -1.07. The Kier molecular flexibility index (Phi) is 5.59. The zero-order valence-electron chi connectivity index (χ0n) is 15.9. The SMILES string of the molecule is Cc1ccc(C)n1-c1ccc(C(=O)O[C@@H](C)C(=O)Nc2ccccc2F)cc1. The molecule has 0 spiro atoms. The van der Waals surface area contributed by atoms with Crippen LogP contribution >= 0.6 is 0 Å². The van der Waals surface area contributed by atoms with Gasteiger partial charge in [-0.1, -0.05) is 12.1 Å². The van der Waals surface area contributed by atoms with Gasteiger partial charge in [0.15, 0.2) is 6.10 Å². The molecule has 1 atom stereocenters. The molecule has 2 aromatic carbocycles. The minimum Gasteiger partial charge on any atom is -0.449 e. The van der Waals surface area contributed by atoms with Crippen molar-refractivity contribution in [3.63, 3.8) is 0 Å². The molecule has 144 valence electrons. The Balaban J connectivity index is 1.65. The van der Waals surface area contributed by atoms with E-state index in [1.165, 1.54) is 25.1 Å². The Morgan fingerprint density at radius 3 is 2.18 bits per heavy atom. The molecule has 1 heterocycles. The van der Waals surface area contributed by atoms with Crippen LogP contribution < -0.4 is 5.32 Å². The van der Waals surface area contributed by atoms with Crippen molar-refractivity contribution in [1.29, 1.82) is 0 Å². The van der Waals surface area contributed by atoms with Crippen LogP contribution in [0.5, 0.6) is 0 Å². The van der Waals surface area contributed by atoms with Gasteiger partial charge < -0.3 is 14.6 Å². The molecule has 5 nitrogen and oxygen atoms in total. The van der Waals surface area contributed by atoms with E-state index in [1.807, 2.05) is 38.1 Å². The minimum absolute atomic E-state index is 0.0391. The normalized spacial score (nSPS) is 11.7. The van der Waals surface area contributed by atoms with Crippen molar-refractivity contribution < 1.29 is 18.7 Å². The highest BCUT2D eigenvalue weighted by Gasteiger charge is 2.20. The molecule has 0 fully saturated rings. The molecule has 0 unspecified atom stereocenters. The summed E-state index contributed by atoms with van der Waals surface area (Å²) in [6.45, 7) is 5.45. The van der Waals surface area contributed by atoms with Crippen molar-refractivity contribution in [2.24, 2.45) is 0 Å². The van der Waals surface area contributed by atoms with Gasteiger partial charge in [0.05, 0.1) is 11.3 Å². The highest BCUT2D eigenvalue weighted by molar-refractivity contribution is 5.97. The number of hydrogen-bond acceptors (Lipinski definition) is 3. The Morgan fingerprint density at radius 2 is 1.57 bits per heavy atom. The maximum atomic E-state index is 13.6. The third-order valence-corrected chi connectivity index (χ3v) is 4.42. The second-order valence-corrected chi connectivity index (χ2v) is 6.52. The van der Waals surface area contributed by atoms with Gasteiger partial charge in [-0.2, -0.15) is 0 Å². The molecule has 0 bridgehead atoms. The number of amides is 1. The number of rotatable bonds is 5. The van der Waals surface area contributed by atoms with Crippen LogP contribution in [-0.2, 0) is 9.53 Å². The van der Waals surface area contributed by atoms with Crippen molar-refractivity contribution >= 4 is 17.6 Å². The van der Waals surface area contributed by atoms with Gasteiger partial charge >= 0.3 is 5.97 Å². The topological polar surface area (TPSA) is 60.3 Å². The summed E-state index contributed by atoms with van der Waals surface area (Å²) in [6.07, 6.45) is -1.07. The molecule has 3 aromatic rings. The summed E-state index contributed by atoms with van der Waals surface area (Å²) in [5.41, 5.74) is 3.48. The number of halogens is 1. The molecule has 1 amide bonds. The number of hydrogen-bond donors (Lipinski definition) is 1. The van der Waals surface area contributed by atoms with Crippen molar-refractivity contribution in [2.45, 2.75) is 26.9 Å². The van der Waals surface area contributed by atoms with E-state index < -0.39 is 23.8 Å². The Hall–Kier alpha value is -3.41. The third kappa shape index (κ3) is 4.11. The number of anilines is 1. The Labute approximate surface area is 162 Å². The van der Waals surface area contributed by atoms with Gasteiger partial charge in [-0.3, -0.25) is 4.79 Å². The first-order chi connectivity index (χ1) is 13.4. The van der Waals surface area contributed by atoms with Crippen LogP contribution in [0.25, 0.3) is 5.69 Å². The molecular formula is C22H21FN2O3. The van der Waals surface area contributed by atoms with Gasteiger partial charge in [-0.25, -0.2) is 9.18 Å². The lowest BCUT2D eigenvalue weighted by atomic mass is 10.2. The van der Waals surface area contributed by atoms with E-state index in [2.05, 4.69) is 9.88 Å². The second kappa shape index (κ2) is 8.08. The predicted molar refractivity (Wildman–Crippen MR) is 105 cm³/mol. The lowest BCUT2D eigenvalue weighted by molar-refractivity contribution is -0.123. The van der Waals surface area contributed by atoms with Crippen LogP contribution in [-0.4, -0.2) is 22.5 Å². The van der Waals surface area contributed by atoms with Gasteiger partial charge in [0.2, 0.25) is 0 Å². The van der Waals surface area contributed by atoms with Gasteiger partial charge in [-0.05, 0) is 69.3 Å². The Morgan fingerprint density at radius 1 is 0.964 bits per heavy atom. The zero-order chi connectivity index (χ0) is 20.3. The third-order valence-electron chi connectivity index (χ3n) is 4.42. The summed E-state index contributed by atoms with van der Waals surface area (Å²) >= 11 is 0. The maximum absolute atomic E-state index is 13.6. The molecule has 0 aliphatic rings. The molecule has 0 radical (unpaired) electrons. The number of aryl methyl sites for hydroxylation is 2. The van der Waals surface area contributed by atoms with E-state index in [-0.39, 0.29) is 5.69 Å². The highest BCUT2D eigenvalue weighted by atomic mass is 19.1. The lowest BCUT2D eigenvalue weighted by Crippen LogP contribution is -2.30. The average Bonchev–Trinajstić information content (AvgIpc) is 3.02. The van der Waals surface area contributed by atoms with Crippen LogP contribution in [0.1, 0.15) is 28.7 Å². The highest BCUT2D eigenvalue weighted by Crippen LogP contribution is 2.18. The molecule has 0 aliphatic heterocycles. The van der Waals surface area contributed by atoms with E-state index in [1.54, 1.807) is 18.2 Å². The van der Waals surface area contributed by atoms with Crippen molar-refractivity contribution in [3.05, 3.63) is 83.4 Å². The number of esters is 1. The molecule has 0 saturated heterocycles. The van der Waals surface area contributed by atoms with Gasteiger partial charge in [0.1, 0.15) is 5.82 Å². The zero-order valence-corrected chi connectivity index (χ0v) is 15.9. The molecule has 0 aliphatic carbocycles. The monoisotopic (exact) mass is 380 g/mol. The van der Waals surface area contributed by atoms with Crippen LogP contribution in [0.2, 0.25) is 0 Å². The van der Waals surface area contributed by atoms with Crippen LogP contribution in [0, 0.1) is 19.7 Å². The van der Waals surface area contributed by atoms with E-state index in [4.69, 9.17) is 4.74 Å². The first-order valence-corrected chi connectivity index (χ1v) is 8.88. The summed E-state index contributed by atoms with van der Waals surface area (Å²) in [5, 5.41) is 2.41. The number of carbonyl (C=O) groups excluding carboxylic acids is 2. The average molecular weight is 380 g/mol. The first-order valence-electron chi connectivity index (χ1n) is 8.88. The largest absolute Gasteiger partial charge is 0.449 e. The molecular weight excluding hydrogens is 359 g/mol. The van der Waals surface area contributed by atoms with Crippen molar-refractivity contribution in [1.82, 2.24) is 4.57 Å². The van der Waals surface area contributed by atoms with E-state index in [0.717, 1.165) is 17.1 Å². The van der Waals surface area contributed by atoms with Gasteiger partial charge in [0, 0.05) is 17.1 Å². The van der Waals surface area contributed by atoms with E-state index >= 15 is 0 Å². The Bertz CT molecular complexity index is 989. The molecule has 28 heavy (non-hydrogen) atoms. The van der Waals surface area contributed by atoms with E-state index in [9.17, 15) is 14.0 Å². The predicted octanol–water partition coefficient (Wildman–Crippen LogP) is 4.42. The van der Waals surface area contributed by atoms with Crippen LogP contribution in [0.15, 0.2) is 60.7 Å². The summed E-state index contributed by atoms with van der Waals surface area (Å²) in [4.78, 5) is 24.5. The van der Waals surface area contributed by atoms with Crippen molar-refractivity contribution in [2.75, 3.05) is 5.32 Å². The van der Waals surface area contributed by atoms with Gasteiger partial charge in [-0.15, -0.1) is 0 Å². The number of para-hydroxylation sites is 1.